The molecule has 0 radical (unpaired) electrons. The minimum Gasteiger partial charge on any atom is -0.368 e. The van der Waals surface area contributed by atoms with Crippen molar-refractivity contribution >= 4 is 26.4 Å². The average Bonchev–Trinajstić information content (AvgIpc) is 2.96. The monoisotopic (exact) mass is 365 g/mol. The van der Waals surface area contributed by atoms with E-state index in [1.807, 2.05) is 18.2 Å². The Balaban J connectivity index is 1.57. The zero-order valence-corrected chi connectivity index (χ0v) is 15.0. The Morgan fingerprint density at radius 2 is 1.85 bits per heavy atom. The van der Waals surface area contributed by atoms with Gasteiger partial charge in [0.25, 0.3) is 0 Å². The van der Waals surface area contributed by atoms with Gasteiger partial charge in [-0.2, -0.15) is 0 Å². The van der Waals surface area contributed by atoms with Gasteiger partial charge in [0.05, 0.1) is 21.0 Å². The largest absolute Gasteiger partial charge is 0.368 e. The quantitative estimate of drug-likeness (QED) is 0.773. The molecule has 6 heteroatoms. The minimum absolute atomic E-state index is 0.233. The van der Waals surface area contributed by atoms with Crippen LogP contribution in [-0.4, -0.2) is 39.1 Å². The highest BCUT2D eigenvalue weighted by Gasteiger charge is 2.39. The minimum atomic E-state index is -3.56. The van der Waals surface area contributed by atoms with Gasteiger partial charge in [0, 0.05) is 43.2 Å². The van der Waals surface area contributed by atoms with Crippen molar-refractivity contribution in [2.24, 2.45) is 5.92 Å². The lowest BCUT2D eigenvalue weighted by atomic mass is 9.96. The van der Waals surface area contributed by atoms with E-state index in [1.54, 1.807) is 30.3 Å². The van der Waals surface area contributed by atoms with Crippen molar-refractivity contribution in [3.63, 3.8) is 0 Å². The summed E-state index contributed by atoms with van der Waals surface area (Å²) in [6.07, 6.45) is 1.48. The lowest BCUT2D eigenvalue weighted by Crippen LogP contribution is -2.51. The summed E-state index contributed by atoms with van der Waals surface area (Å²) in [4.78, 5) is 7.43. The fourth-order valence-corrected chi connectivity index (χ4v) is 5.17. The summed E-state index contributed by atoms with van der Waals surface area (Å²) in [6.45, 7) is 3.09. The number of nitrogens with one attached hydrogen (secondary N) is 1. The van der Waals surface area contributed by atoms with Crippen LogP contribution in [0.3, 0.4) is 0 Å². The molecule has 2 saturated heterocycles. The molecule has 132 valence electrons. The fraction of sp³-hybridized carbons (Fsp3) is 0.250. The Morgan fingerprint density at radius 1 is 1.00 bits per heavy atom. The van der Waals surface area contributed by atoms with E-state index in [4.69, 9.17) is 0 Å². The third-order valence-electron chi connectivity index (χ3n) is 5.45. The van der Waals surface area contributed by atoms with Crippen LogP contribution < -0.4 is 10.2 Å². The zero-order valence-electron chi connectivity index (χ0n) is 14.2. The summed E-state index contributed by atoms with van der Waals surface area (Å²) in [7, 11) is -3.56. The average molecular weight is 365 g/mol. The molecule has 0 amide bonds. The van der Waals surface area contributed by atoms with Gasteiger partial charge in [-0.3, -0.25) is 4.98 Å². The van der Waals surface area contributed by atoms with Crippen LogP contribution >= 0.6 is 0 Å². The van der Waals surface area contributed by atoms with Crippen LogP contribution in [0.2, 0.25) is 0 Å². The Hall–Kier alpha value is -2.44. The Kier molecular flexibility index (Phi) is 3.52. The van der Waals surface area contributed by atoms with Crippen LogP contribution in [-0.2, 0) is 9.84 Å². The summed E-state index contributed by atoms with van der Waals surface area (Å²) in [5.74, 6) is 0.711. The van der Waals surface area contributed by atoms with E-state index in [1.165, 1.54) is 6.20 Å². The maximum Gasteiger partial charge on any atom is 0.208 e. The molecule has 2 unspecified atom stereocenters. The lowest BCUT2D eigenvalue weighted by Gasteiger charge is -2.29. The Labute approximate surface area is 152 Å². The van der Waals surface area contributed by atoms with E-state index in [2.05, 4.69) is 21.3 Å². The predicted octanol–water partition coefficient (Wildman–Crippen LogP) is 2.48. The van der Waals surface area contributed by atoms with Crippen LogP contribution in [0, 0.1) is 5.92 Å². The molecule has 5 nitrogen and oxygen atoms in total. The van der Waals surface area contributed by atoms with Crippen molar-refractivity contribution in [1.29, 1.82) is 0 Å². The van der Waals surface area contributed by atoms with Gasteiger partial charge in [-0.05, 0) is 24.3 Å². The van der Waals surface area contributed by atoms with Crippen LogP contribution in [0.25, 0.3) is 10.9 Å². The fourth-order valence-electron chi connectivity index (χ4n) is 3.91. The van der Waals surface area contributed by atoms with Crippen molar-refractivity contribution < 1.29 is 8.42 Å². The highest BCUT2D eigenvalue weighted by Crippen LogP contribution is 2.33. The van der Waals surface area contributed by atoms with Crippen LogP contribution in [0.1, 0.15) is 0 Å². The summed E-state index contributed by atoms with van der Waals surface area (Å²) in [5.41, 5.74) is 1.95. The molecule has 2 aliphatic heterocycles. The van der Waals surface area contributed by atoms with E-state index >= 15 is 0 Å². The second-order valence-corrected chi connectivity index (χ2v) is 8.97. The highest BCUT2D eigenvalue weighted by atomic mass is 32.2. The number of nitrogens with zero attached hydrogens (tertiary/aromatic N) is 2. The summed E-state index contributed by atoms with van der Waals surface area (Å²) >= 11 is 0. The van der Waals surface area contributed by atoms with Gasteiger partial charge < -0.3 is 10.2 Å². The van der Waals surface area contributed by atoms with Crippen LogP contribution in [0.5, 0.6) is 0 Å². The molecule has 2 atom stereocenters. The third-order valence-corrected chi connectivity index (χ3v) is 7.19. The maximum absolute atomic E-state index is 12.9. The molecular formula is C20H19N3O2S. The molecule has 0 spiro atoms. The van der Waals surface area contributed by atoms with Crippen molar-refractivity contribution in [3.8, 4) is 0 Å². The van der Waals surface area contributed by atoms with Gasteiger partial charge in [0.15, 0.2) is 0 Å². The number of para-hydroxylation sites is 1. The first kappa shape index (κ1) is 15.8. The standard InChI is InChI=1S/C20H19N3O2S/c24-26(25,16-6-2-1-3-7-16)17-9-14-5-4-8-19(20(14)22-11-17)23-12-15-10-21-18(15)13-23/h1-9,11,15,18,21H,10,12-13H2. The van der Waals surface area contributed by atoms with Gasteiger partial charge in [-0.25, -0.2) is 8.42 Å². The van der Waals surface area contributed by atoms with E-state index in [9.17, 15) is 8.42 Å². The molecular weight excluding hydrogens is 346 g/mol. The molecule has 3 aromatic rings. The first-order valence-electron chi connectivity index (χ1n) is 8.80. The second kappa shape index (κ2) is 5.79. The summed E-state index contributed by atoms with van der Waals surface area (Å²) in [6, 6.07) is 16.8. The second-order valence-electron chi connectivity index (χ2n) is 7.02. The van der Waals surface area contributed by atoms with Gasteiger partial charge in [-0.15, -0.1) is 0 Å². The molecule has 0 aliphatic carbocycles. The number of benzene rings is 2. The van der Waals surface area contributed by atoms with E-state index < -0.39 is 9.84 Å². The summed E-state index contributed by atoms with van der Waals surface area (Å²) < 4.78 is 25.7. The van der Waals surface area contributed by atoms with Crippen LogP contribution in [0.4, 0.5) is 5.69 Å². The lowest BCUT2D eigenvalue weighted by molar-refractivity contribution is 0.297. The smallest absolute Gasteiger partial charge is 0.208 e. The molecule has 0 saturated carbocycles. The van der Waals surface area contributed by atoms with Gasteiger partial charge in [-0.1, -0.05) is 30.3 Å². The van der Waals surface area contributed by atoms with Gasteiger partial charge in [0.2, 0.25) is 9.84 Å². The normalized spacial score (nSPS) is 22.2. The molecule has 1 N–H and O–H groups in total. The third kappa shape index (κ3) is 2.40. The SMILES string of the molecule is O=S(=O)(c1ccccc1)c1cnc2c(N3CC4CNC4C3)cccc2c1. The molecule has 2 fully saturated rings. The van der Waals surface area contributed by atoms with Crippen molar-refractivity contribution in [3.05, 3.63) is 60.8 Å². The predicted molar refractivity (Wildman–Crippen MR) is 101 cm³/mol. The highest BCUT2D eigenvalue weighted by molar-refractivity contribution is 7.91. The number of hydrogen-bond acceptors (Lipinski definition) is 5. The number of fused-ring (bicyclic) bond motifs is 2. The van der Waals surface area contributed by atoms with Gasteiger partial charge in [0.1, 0.15) is 0 Å². The van der Waals surface area contributed by atoms with Crippen molar-refractivity contribution in [2.75, 3.05) is 24.5 Å². The van der Waals surface area contributed by atoms with Crippen LogP contribution in [0.15, 0.2) is 70.6 Å². The molecule has 1 aromatic heterocycles. The zero-order chi connectivity index (χ0) is 17.7. The Bertz CT molecular complexity index is 1070. The number of rotatable bonds is 3. The molecule has 5 rings (SSSR count). The van der Waals surface area contributed by atoms with Crippen molar-refractivity contribution in [1.82, 2.24) is 10.3 Å². The summed E-state index contributed by atoms with van der Waals surface area (Å²) in [5, 5.41) is 4.31. The number of aromatic nitrogens is 1. The first-order valence-corrected chi connectivity index (χ1v) is 10.3. The number of anilines is 1. The topological polar surface area (TPSA) is 62.3 Å². The van der Waals surface area contributed by atoms with E-state index in [-0.39, 0.29) is 4.90 Å². The van der Waals surface area contributed by atoms with E-state index in [0.717, 1.165) is 36.2 Å². The molecule has 26 heavy (non-hydrogen) atoms. The number of hydrogen-bond donors (Lipinski definition) is 1. The number of pyridine rings is 1. The first-order chi connectivity index (χ1) is 12.6. The molecule has 2 aliphatic rings. The molecule has 2 aromatic carbocycles. The molecule has 0 bridgehead atoms. The van der Waals surface area contributed by atoms with E-state index in [0.29, 0.717) is 16.9 Å². The molecule has 3 heterocycles. The number of sulfone groups is 1. The van der Waals surface area contributed by atoms with Gasteiger partial charge >= 0.3 is 0 Å². The van der Waals surface area contributed by atoms with Crippen molar-refractivity contribution in [2.45, 2.75) is 15.8 Å². The maximum atomic E-state index is 12.9. The Morgan fingerprint density at radius 3 is 2.54 bits per heavy atom.